The van der Waals surface area contributed by atoms with Crippen molar-refractivity contribution in [1.29, 1.82) is 0 Å². The zero-order valence-corrected chi connectivity index (χ0v) is 13.4. The summed E-state index contributed by atoms with van der Waals surface area (Å²) in [6.45, 7) is 2.88. The molecule has 1 unspecified atom stereocenters. The zero-order chi connectivity index (χ0) is 15.2. The first-order chi connectivity index (χ1) is 10.1. The van der Waals surface area contributed by atoms with Crippen molar-refractivity contribution in [2.45, 2.75) is 25.8 Å². The van der Waals surface area contributed by atoms with Gasteiger partial charge in [0.05, 0.1) is 0 Å². The molecule has 21 heavy (non-hydrogen) atoms. The molecule has 0 saturated heterocycles. The highest BCUT2D eigenvalue weighted by molar-refractivity contribution is 6.31. The van der Waals surface area contributed by atoms with Crippen LogP contribution in [-0.4, -0.2) is 6.54 Å². The predicted molar refractivity (Wildman–Crippen MR) is 87.6 cm³/mol. The average Bonchev–Trinajstić information content (AvgIpc) is 2.44. The Labute approximate surface area is 135 Å². The molecule has 1 N–H and O–H groups in total. The maximum Gasteiger partial charge on any atom is 0.129 e. The van der Waals surface area contributed by atoms with Crippen molar-refractivity contribution in [2.24, 2.45) is 0 Å². The van der Waals surface area contributed by atoms with E-state index >= 15 is 0 Å². The van der Waals surface area contributed by atoms with Crippen LogP contribution in [0.15, 0.2) is 42.5 Å². The second-order valence-corrected chi connectivity index (χ2v) is 5.82. The van der Waals surface area contributed by atoms with Gasteiger partial charge in [0.2, 0.25) is 0 Å². The topological polar surface area (TPSA) is 12.0 Å². The maximum atomic E-state index is 14.2. The molecule has 0 aliphatic rings. The van der Waals surface area contributed by atoms with Crippen LogP contribution in [0.25, 0.3) is 0 Å². The SMILES string of the molecule is CCCNC(Cc1cccc(Cl)c1)c1c(F)cccc1Cl. The van der Waals surface area contributed by atoms with Crippen LogP contribution >= 0.6 is 23.2 Å². The normalized spacial score (nSPS) is 12.4. The molecule has 0 bridgehead atoms. The average molecular weight is 326 g/mol. The van der Waals surface area contributed by atoms with E-state index in [1.807, 2.05) is 24.3 Å². The Bertz CT molecular complexity index is 581. The molecule has 2 rings (SSSR count). The predicted octanol–water partition coefficient (Wildman–Crippen LogP) is 5.42. The van der Waals surface area contributed by atoms with Gasteiger partial charge in [-0.1, -0.05) is 48.3 Å². The smallest absolute Gasteiger partial charge is 0.129 e. The van der Waals surface area contributed by atoms with Gasteiger partial charge in [0.15, 0.2) is 0 Å². The first-order valence-electron chi connectivity index (χ1n) is 7.03. The van der Waals surface area contributed by atoms with Crippen LogP contribution in [0, 0.1) is 5.82 Å². The molecule has 4 heteroatoms. The van der Waals surface area contributed by atoms with Crippen molar-refractivity contribution < 1.29 is 4.39 Å². The van der Waals surface area contributed by atoms with E-state index in [0.717, 1.165) is 18.5 Å². The molecule has 0 fully saturated rings. The van der Waals surface area contributed by atoms with Crippen molar-refractivity contribution in [3.63, 3.8) is 0 Å². The van der Waals surface area contributed by atoms with Gasteiger partial charge >= 0.3 is 0 Å². The Hall–Kier alpha value is -1.09. The molecule has 0 saturated carbocycles. The second kappa shape index (κ2) is 7.79. The highest BCUT2D eigenvalue weighted by Gasteiger charge is 2.19. The van der Waals surface area contributed by atoms with Crippen molar-refractivity contribution in [3.8, 4) is 0 Å². The van der Waals surface area contributed by atoms with Gasteiger partial charge in [0, 0.05) is 21.7 Å². The van der Waals surface area contributed by atoms with E-state index in [-0.39, 0.29) is 11.9 Å². The number of halogens is 3. The minimum Gasteiger partial charge on any atom is -0.310 e. The van der Waals surface area contributed by atoms with Crippen LogP contribution in [0.3, 0.4) is 0 Å². The van der Waals surface area contributed by atoms with Crippen LogP contribution < -0.4 is 5.32 Å². The molecule has 112 valence electrons. The Morgan fingerprint density at radius 2 is 1.90 bits per heavy atom. The van der Waals surface area contributed by atoms with Crippen molar-refractivity contribution >= 4 is 23.2 Å². The number of rotatable bonds is 6. The summed E-state index contributed by atoms with van der Waals surface area (Å²) in [6, 6.07) is 12.2. The molecule has 0 aliphatic carbocycles. The van der Waals surface area contributed by atoms with Gasteiger partial charge in [-0.15, -0.1) is 0 Å². The van der Waals surface area contributed by atoms with E-state index in [9.17, 15) is 4.39 Å². The molecular formula is C17H18Cl2FN. The molecule has 1 nitrogen and oxygen atoms in total. The molecule has 0 aromatic heterocycles. The summed E-state index contributed by atoms with van der Waals surface area (Å²) < 4.78 is 14.2. The zero-order valence-electron chi connectivity index (χ0n) is 11.9. The molecule has 0 heterocycles. The van der Waals surface area contributed by atoms with Gasteiger partial charge in [-0.2, -0.15) is 0 Å². The Morgan fingerprint density at radius 1 is 1.14 bits per heavy atom. The van der Waals surface area contributed by atoms with Gasteiger partial charge in [-0.25, -0.2) is 4.39 Å². The fourth-order valence-electron chi connectivity index (χ4n) is 2.34. The third kappa shape index (κ3) is 4.44. The lowest BCUT2D eigenvalue weighted by atomic mass is 9.98. The Morgan fingerprint density at radius 3 is 2.57 bits per heavy atom. The minimum atomic E-state index is -0.280. The van der Waals surface area contributed by atoms with E-state index in [1.54, 1.807) is 12.1 Å². The Kier molecular flexibility index (Phi) is 6.04. The largest absolute Gasteiger partial charge is 0.310 e. The molecule has 0 spiro atoms. The molecule has 0 radical (unpaired) electrons. The summed E-state index contributed by atoms with van der Waals surface area (Å²) in [7, 11) is 0. The molecule has 0 aliphatic heterocycles. The van der Waals surface area contributed by atoms with Crippen LogP contribution in [0.1, 0.15) is 30.5 Å². The number of nitrogens with one attached hydrogen (secondary N) is 1. The highest BCUT2D eigenvalue weighted by atomic mass is 35.5. The lowest BCUT2D eigenvalue weighted by molar-refractivity contribution is 0.497. The van der Waals surface area contributed by atoms with Crippen molar-refractivity contribution in [3.05, 3.63) is 69.5 Å². The molecule has 2 aromatic rings. The highest BCUT2D eigenvalue weighted by Crippen LogP contribution is 2.29. The number of hydrogen-bond acceptors (Lipinski definition) is 1. The number of benzene rings is 2. The fourth-order valence-corrected chi connectivity index (χ4v) is 2.85. The van der Waals surface area contributed by atoms with Gasteiger partial charge in [0.25, 0.3) is 0 Å². The van der Waals surface area contributed by atoms with Crippen molar-refractivity contribution in [2.75, 3.05) is 6.54 Å². The molecule has 1 atom stereocenters. The lowest BCUT2D eigenvalue weighted by Crippen LogP contribution is -2.25. The van der Waals surface area contributed by atoms with Crippen LogP contribution in [-0.2, 0) is 6.42 Å². The standard InChI is InChI=1S/C17H18Cl2FN/c1-2-9-21-16(11-12-5-3-6-13(18)10-12)17-14(19)7-4-8-15(17)20/h3-8,10,16,21H,2,9,11H2,1H3. The number of hydrogen-bond donors (Lipinski definition) is 1. The lowest BCUT2D eigenvalue weighted by Gasteiger charge is -2.21. The minimum absolute atomic E-state index is 0.169. The third-order valence-electron chi connectivity index (χ3n) is 3.32. The summed E-state index contributed by atoms with van der Waals surface area (Å²) in [4.78, 5) is 0. The van der Waals surface area contributed by atoms with E-state index in [4.69, 9.17) is 23.2 Å². The van der Waals surface area contributed by atoms with Gasteiger partial charge in [-0.05, 0) is 49.2 Å². The van der Waals surface area contributed by atoms with E-state index in [0.29, 0.717) is 22.0 Å². The van der Waals surface area contributed by atoms with Crippen LogP contribution in [0.4, 0.5) is 4.39 Å². The monoisotopic (exact) mass is 325 g/mol. The third-order valence-corrected chi connectivity index (χ3v) is 3.88. The Balaban J connectivity index is 2.30. The van der Waals surface area contributed by atoms with Crippen LogP contribution in [0.5, 0.6) is 0 Å². The first kappa shape index (κ1) is 16.3. The van der Waals surface area contributed by atoms with E-state index in [2.05, 4.69) is 12.2 Å². The summed E-state index contributed by atoms with van der Waals surface area (Å²) in [6.07, 6.45) is 1.61. The van der Waals surface area contributed by atoms with Gasteiger partial charge in [0.1, 0.15) is 5.82 Å². The summed E-state index contributed by atoms with van der Waals surface area (Å²) in [5.41, 5.74) is 1.57. The quantitative estimate of drug-likeness (QED) is 0.748. The molecule has 2 aromatic carbocycles. The summed E-state index contributed by atoms with van der Waals surface area (Å²) >= 11 is 12.2. The van der Waals surface area contributed by atoms with Gasteiger partial charge in [-0.3, -0.25) is 0 Å². The van der Waals surface area contributed by atoms with E-state index in [1.165, 1.54) is 6.07 Å². The summed E-state index contributed by atoms with van der Waals surface area (Å²) in [5.74, 6) is -0.280. The van der Waals surface area contributed by atoms with Gasteiger partial charge < -0.3 is 5.32 Å². The first-order valence-corrected chi connectivity index (χ1v) is 7.79. The molecule has 0 amide bonds. The van der Waals surface area contributed by atoms with Crippen molar-refractivity contribution in [1.82, 2.24) is 5.32 Å². The molecular weight excluding hydrogens is 308 g/mol. The summed E-state index contributed by atoms with van der Waals surface area (Å²) in [5, 5.41) is 4.50. The van der Waals surface area contributed by atoms with Crippen LogP contribution in [0.2, 0.25) is 10.0 Å². The van der Waals surface area contributed by atoms with E-state index < -0.39 is 0 Å². The fraction of sp³-hybridized carbons (Fsp3) is 0.294. The maximum absolute atomic E-state index is 14.2. The second-order valence-electron chi connectivity index (χ2n) is 4.98.